The van der Waals surface area contributed by atoms with Crippen LogP contribution < -0.4 is 0 Å². The Hall–Kier alpha value is -1.94. The van der Waals surface area contributed by atoms with E-state index in [1.54, 1.807) is 0 Å². The molecule has 0 aliphatic rings. The minimum Gasteiger partial charge on any atom is -0.741 e. The molecule has 3 aromatic rings. The van der Waals surface area contributed by atoms with Crippen molar-refractivity contribution >= 4 is 62.0 Å². The van der Waals surface area contributed by atoms with Crippen molar-refractivity contribution in [2.45, 2.75) is 51.3 Å². The Morgan fingerprint density at radius 3 is 1.43 bits per heavy atom. The Morgan fingerprint density at radius 1 is 0.810 bits per heavy atom. The van der Waals surface area contributed by atoms with Gasteiger partial charge in [0.2, 0.25) is 0 Å². The van der Waals surface area contributed by atoms with Gasteiger partial charge in [-0.15, -0.1) is 5.69 Å². The Morgan fingerprint density at radius 2 is 1.12 bits per heavy atom. The van der Waals surface area contributed by atoms with E-state index < -0.39 is 19.9 Å². The van der Waals surface area contributed by atoms with E-state index in [1.165, 1.54) is 22.3 Å². The molecule has 0 N–H and O–H groups in total. The average Bonchev–Trinajstić information content (AvgIpc) is 2.84. The van der Waals surface area contributed by atoms with Gasteiger partial charge in [0.05, 0.1) is 5.69 Å². The zero-order chi connectivity index (χ0) is 31.8. The molecule has 232 valence electrons. The number of hydrogen-bond acceptors (Lipinski definition) is 4. The predicted molar refractivity (Wildman–Crippen MR) is 165 cm³/mol. The number of aryl methyl sites for hydroxylation is 4. The molecule has 0 fully saturated rings. The van der Waals surface area contributed by atoms with Crippen molar-refractivity contribution in [3.63, 3.8) is 0 Å². The first-order chi connectivity index (χ1) is 18.9. The van der Waals surface area contributed by atoms with Crippen LogP contribution in [0.5, 0.6) is 0 Å². The molecule has 0 atom stereocenters. The van der Waals surface area contributed by atoms with Crippen molar-refractivity contribution in [3.05, 3.63) is 112 Å². The second kappa shape index (κ2) is 20.9. The quantitative estimate of drug-likeness (QED) is 0.0875. The monoisotopic (exact) mass is 752 g/mol. The molecule has 0 heterocycles. The molecule has 0 radical (unpaired) electrons. The molecule has 0 saturated heterocycles. The molecule has 0 unspecified atom stereocenters. The van der Waals surface area contributed by atoms with Gasteiger partial charge in [0.15, 0.2) is 14.4 Å². The zero-order valence-electron chi connectivity index (χ0n) is 23.7. The maximum Gasteiger partial charge on any atom is 2.00 e. The predicted octanol–water partition coefficient (Wildman–Crippen LogP) is 10.3. The van der Waals surface area contributed by atoms with Gasteiger partial charge in [-0.1, -0.05) is 132 Å². The Labute approximate surface area is 274 Å². The van der Waals surface area contributed by atoms with Crippen LogP contribution in [0.15, 0.2) is 89.6 Å². The van der Waals surface area contributed by atoms with Crippen LogP contribution in [0.3, 0.4) is 0 Å². The third-order valence-corrected chi connectivity index (χ3v) is 5.39. The van der Waals surface area contributed by atoms with Crippen molar-refractivity contribution < 1.29 is 45.6 Å². The van der Waals surface area contributed by atoms with E-state index in [-0.39, 0.29) is 19.5 Å². The van der Waals surface area contributed by atoms with Crippen LogP contribution in [0, 0.1) is 27.7 Å². The van der Waals surface area contributed by atoms with Gasteiger partial charge >= 0.3 is 25.0 Å². The fourth-order valence-corrected chi connectivity index (χ4v) is 3.07. The van der Waals surface area contributed by atoms with Crippen LogP contribution >= 0.6 is 34.8 Å². The molecule has 0 amide bonds. The number of para-hydroxylation sites is 2. The first kappa shape index (κ1) is 42.2. The van der Waals surface area contributed by atoms with Gasteiger partial charge in [-0.05, 0) is 45.7 Å². The molecule has 5 nitrogen and oxygen atoms in total. The van der Waals surface area contributed by atoms with Gasteiger partial charge in [-0.3, -0.25) is 4.99 Å². The molecular weight excluding hydrogens is 721 g/mol. The fourth-order valence-electron chi connectivity index (χ4n) is 3.07. The van der Waals surface area contributed by atoms with Crippen LogP contribution in [0.4, 0.5) is 24.5 Å². The van der Waals surface area contributed by atoms with Crippen molar-refractivity contribution in [1.29, 1.82) is 0 Å². The number of nitrogens with zero attached hydrogens (tertiary/aromatic N) is 2. The summed E-state index contributed by atoms with van der Waals surface area (Å²) in [7, 11) is -6.09. The molecule has 0 aromatic heterocycles. The van der Waals surface area contributed by atoms with E-state index in [9.17, 15) is 13.2 Å². The number of aliphatic imine (C=N–C) groups is 1. The van der Waals surface area contributed by atoms with E-state index in [2.05, 4.69) is 64.1 Å². The van der Waals surface area contributed by atoms with E-state index in [4.69, 9.17) is 58.1 Å². The summed E-state index contributed by atoms with van der Waals surface area (Å²) in [5.41, 5.74) is 3.19. The van der Waals surface area contributed by atoms with Crippen LogP contribution in [0.25, 0.3) is 5.32 Å². The molecule has 42 heavy (non-hydrogen) atoms. The number of allylic oxidation sites excluding steroid dienone is 2. The van der Waals surface area contributed by atoms with Crippen LogP contribution in [0.1, 0.15) is 36.1 Å². The minimum atomic E-state index is -6.09. The summed E-state index contributed by atoms with van der Waals surface area (Å²) in [6.07, 6.45) is 2.04. The molecule has 0 aliphatic carbocycles. The smallest absolute Gasteiger partial charge is 0.741 e. The molecule has 0 saturated carbocycles. The zero-order valence-corrected chi connectivity index (χ0v) is 28.6. The third kappa shape index (κ3) is 18.6. The van der Waals surface area contributed by atoms with Crippen molar-refractivity contribution in [3.8, 4) is 0 Å². The van der Waals surface area contributed by atoms with Gasteiger partial charge in [0.25, 0.3) is 0 Å². The van der Waals surface area contributed by atoms with Crippen molar-refractivity contribution in [2.24, 2.45) is 4.99 Å². The second-order valence-corrected chi connectivity index (χ2v) is 11.8. The minimum absolute atomic E-state index is 0. The normalized spacial score (nSPS) is 11.5. The Bertz CT molecular complexity index is 1320. The largest absolute Gasteiger partial charge is 2.00 e. The summed E-state index contributed by atoms with van der Waals surface area (Å²) in [6, 6.07) is 24.5. The van der Waals surface area contributed by atoms with Crippen LogP contribution in [0.2, 0.25) is 0 Å². The van der Waals surface area contributed by atoms with Crippen molar-refractivity contribution in [1.82, 2.24) is 0 Å². The Balaban J connectivity index is 0. The van der Waals surface area contributed by atoms with Gasteiger partial charge in [0, 0.05) is 5.71 Å². The van der Waals surface area contributed by atoms with Gasteiger partial charge in [0.1, 0.15) is 0 Å². The number of hydrogen-bond donors (Lipinski definition) is 0. The Kier molecular flexibility index (Phi) is 21.0. The fraction of sp³-hybridized carbons (Fsp3) is 0.276. The number of rotatable bonds is 4. The average molecular weight is 753 g/mol. The SMILES string of the molecule is CC(/C=C(/C)[N-]c1c(C)cccc1C)=Nc1c(C)cccc1C.ClC(Cl)Cl.O=S(=O)([O-])C(F)(F)F.[Ru+2].c1ccccc1. The number of halogens is 6. The van der Waals surface area contributed by atoms with Gasteiger partial charge in [-0.2, -0.15) is 18.9 Å². The van der Waals surface area contributed by atoms with E-state index in [1.807, 2.05) is 56.3 Å². The molecule has 3 rings (SSSR count). The van der Waals surface area contributed by atoms with E-state index >= 15 is 0 Å². The summed E-state index contributed by atoms with van der Waals surface area (Å²) in [4.78, 5) is 4.76. The summed E-state index contributed by atoms with van der Waals surface area (Å²) < 4.78 is 58.2. The molecular formula is C29H32Cl3F3N2O3RuS. The summed E-state index contributed by atoms with van der Waals surface area (Å²) in [6.45, 7) is 12.4. The number of benzene rings is 3. The van der Waals surface area contributed by atoms with Gasteiger partial charge < -0.3 is 9.87 Å². The maximum atomic E-state index is 10.7. The molecule has 3 aromatic carbocycles. The molecule has 0 bridgehead atoms. The van der Waals surface area contributed by atoms with E-state index in [0.717, 1.165) is 22.8 Å². The van der Waals surface area contributed by atoms with Crippen LogP contribution in [-0.4, -0.2) is 28.5 Å². The van der Waals surface area contributed by atoms with Crippen LogP contribution in [-0.2, 0) is 29.6 Å². The third-order valence-electron chi connectivity index (χ3n) is 4.82. The standard InChI is InChI=1S/C21H25N2.C6H6.CHCl3.CHF3O3S.Ru/c1-14-9-7-10-15(2)20(14)22-18(5)13-19(6)23-21-16(3)11-8-12-17(21)4;1-2-4-6-5-3-1;2-1(3)4;2-1(3,4)8(5,6)7;/h7-13H,1-6H3;1-6H;1H;(H,5,6,7);/q-1;;;;+2/p-1/b18-13-,23-19?;;;;. The van der Waals surface area contributed by atoms with E-state index in [0.29, 0.717) is 0 Å². The van der Waals surface area contributed by atoms with Crippen molar-refractivity contribution in [2.75, 3.05) is 0 Å². The molecule has 0 aliphatic heterocycles. The topological polar surface area (TPSA) is 83.7 Å². The van der Waals surface area contributed by atoms with Gasteiger partial charge in [-0.25, -0.2) is 8.42 Å². The second-order valence-electron chi connectivity index (χ2n) is 8.43. The summed E-state index contributed by atoms with van der Waals surface area (Å²) >= 11 is 14.4. The molecule has 0 spiro atoms. The molecule has 13 heteroatoms. The first-order valence-electron chi connectivity index (χ1n) is 11.9. The number of alkyl halides is 6. The summed E-state index contributed by atoms with van der Waals surface area (Å²) in [5.74, 6) is 0. The summed E-state index contributed by atoms with van der Waals surface area (Å²) in [5, 5.41) is 4.76. The first-order valence-corrected chi connectivity index (χ1v) is 14.6. The maximum absolute atomic E-state index is 10.7.